The van der Waals surface area contributed by atoms with Gasteiger partial charge in [0.2, 0.25) is 6.23 Å². The molecule has 218 valence electrons. The average molecular weight is 595 g/mol. The number of amides is 1. The number of rotatable bonds is 8. The summed E-state index contributed by atoms with van der Waals surface area (Å²) in [5.74, 6) is -2.62. The molecule has 5 atom stereocenters. The van der Waals surface area contributed by atoms with Crippen molar-refractivity contribution < 1.29 is 28.1 Å². The van der Waals surface area contributed by atoms with E-state index < -0.39 is 41.9 Å². The maximum Gasteiger partial charge on any atom is 0.410 e. The number of nitrogens with one attached hydrogen (secondary N) is 1. The number of thiazole rings is 1. The fourth-order valence-corrected chi connectivity index (χ4v) is 5.94. The van der Waals surface area contributed by atoms with Crippen LogP contribution in [0.1, 0.15) is 66.4 Å². The van der Waals surface area contributed by atoms with Crippen molar-refractivity contribution in [1.82, 2.24) is 20.0 Å². The molecule has 4 aromatic rings. The number of nitrogens with zero attached hydrogens (tertiary/aromatic N) is 5. The molecule has 0 radical (unpaired) electrons. The van der Waals surface area contributed by atoms with Gasteiger partial charge < -0.3 is 20.5 Å². The second-order valence-electron chi connectivity index (χ2n) is 10.3. The van der Waals surface area contributed by atoms with Crippen LogP contribution in [0.15, 0.2) is 54.2 Å². The molecule has 0 spiro atoms. The standard InChI is InChI=1S/C29H29F2N7O3S/c1-16(27-35-24(14-42-27)19-5-3-18(12-32)4-6-19)25(22-11-20(30)7-8-23(22)31)28(39)38-15-34-26(36-38)17(2)41-29(40)37-10-9-21(33)13-37/h3-8,11,14-17,21,25,28,39H,9-10,13,33H2,1-2H3/p+1/t16-,17?,21+,25-,28?/m1/s1. The van der Waals surface area contributed by atoms with Gasteiger partial charge in [-0.15, -0.1) is 16.0 Å². The Morgan fingerprint density at radius 3 is 2.74 bits per heavy atom. The molecular weight excluding hydrogens is 564 g/mol. The quantitative estimate of drug-likeness (QED) is 0.258. The molecule has 42 heavy (non-hydrogen) atoms. The minimum absolute atomic E-state index is 0.0291. The minimum atomic E-state index is -1.42. The van der Waals surface area contributed by atoms with E-state index in [0.717, 1.165) is 23.8 Å². The van der Waals surface area contributed by atoms with Gasteiger partial charge in [-0.25, -0.2) is 18.6 Å². The number of H-pyrrole nitrogens is 1. The second kappa shape index (κ2) is 12.3. The summed E-state index contributed by atoms with van der Waals surface area (Å²) in [6.45, 7) is 4.33. The summed E-state index contributed by atoms with van der Waals surface area (Å²) in [5, 5.41) is 26.0. The molecule has 0 saturated carbocycles. The van der Waals surface area contributed by atoms with E-state index in [1.54, 1.807) is 38.1 Å². The molecule has 2 unspecified atom stereocenters. The number of nitriles is 1. The molecule has 1 saturated heterocycles. The Labute approximate surface area is 245 Å². The Kier molecular flexibility index (Phi) is 8.58. The highest BCUT2D eigenvalue weighted by Gasteiger charge is 2.38. The van der Waals surface area contributed by atoms with Crippen molar-refractivity contribution in [3.8, 4) is 17.3 Å². The van der Waals surface area contributed by atoms with Crippen molar-refractivity contribution in [2.45, 2.75) is 50.5 Å². The van der Waals surface area contributed by atoms with Crippen molar-refractivity contribution >= 4 is 17.4 Å². The van der Waals surface area contributed by atoms with E-state index in [0.29, 0.717) is 35.8 Å². The molecule has 3 heterocycles. The lowest BCUT2D eigenvalue weighted by molar-refractivity contribution is -0.811. The normalized spacial score (nSPS) is 17.8. The summed E-state index contributed by atoms with van der Waals surface area (Å²) < 4.78 is 36.3. The Morgan fingerprint density at radius 1 is 1.29 bits per heavy atom. The lowest BCUT2D eigenvalue weighted by Gasteiger charge is -2.25. The minimum Gasteiger partial charge on any atom is -0.436 e. The first-order valence-electron chi connectivity index (χ1n) is 13.4. The van der Waals surface area contributed by atoms with Crippen LogP contribution < -0.4 is 10.4 Å². The molecule has 1 fully saturated rings. The summed E-state index contributed by atoms with van der Waals surface area (Å²) in [7, 11) is 0. The predicted octanol–water partition coefficient (Wildman–Crippen LogP) is 4.28. The molecule has 1 amide bonds. The van der Waals surface area contributed by atoms with Gasteiger partial charge in [-0.3, -0.25) is 0 Å². The number of benzene rings is 2. The molecule has 2 aromatic carbocycles. The Bertz CT molecular complexity index is 1600. The molecular formula is C29H30F2N7O3S+. The first kappa shape index (κ1) is 29.2. The van der Waals surface area contributed by atoms with Gasteiger partial charge in [0.1, 0.15) is 11.6 Å². The van der Waals surface area contributed by atoms with Gasteiger partial charge in [0.25, 0.3) is 5.82 Å². The number of ether oxygens (including phenoxy) is 1. The number of likely N-dealkylation sites (tertiary alicyclic amines) is 1. The van der Waals surface area contributed by atoms with E-state index in [9.17, 15) is 14.3 Å². The third-order valence-electron chi connectivity index (χ3n) is 7.39. The number of hydrogen-bond donors (Lipinski definition) is 3. The number of aliphatic hydroxyl groups excluding tert-OH is 1. The van der Waals surface area contributed by atoms with Crippen LogP contribution in [-0.4, -0.2) is 50.3 Å². The first-order chi connectivity index (χ1) is 20.1. The zero-order valence-electron chi connectivity index (χ0n) is 22.9. The lowest BCUT2D eigenvalue weighted by atomic mass is 9.85. The topological polar surface area (TPSA) is 145 Å². The molecule has 0 aliphatic carbocycles. The van der Waals surface area contributed by atoms with Crippen molar-refractivity contribution in [2.24, 2.45) is 5.73 Å². The fourth-order valence-electron chi connectivity index (χ4n) is 5.01. The van der Waals surface area contributed by atoms with E-state index >= 15 is 4.39 Å². The highest BCUT2D eigenvalue weighted by molar-refractivity contribution is 7.10. The molecule has 2 aromatic heterocycles. The van der Waals surface area contributed by atoms with Gasteiger partial charge in [-0.05, 0) is 48.7 Å². The van der Waals surface area contributed by atoms with E-state index in [-0.39, 0.29) is 17.4 Å². The van der Waals surface area contributed by atoms with Crippen LogP contribution in [0.2, 0.25) is 0 Å². The van der Waals surface area contributed by atoms with Crippen LogP contribution >= 0.6 is 11.3 Å². The van der Waals surface area contributed by atoms with Gasteiger partial charge in [0, 0.05) is 41.6 Å². The lowest BCUT2D eigenvalue weighted by Crippen LogP contribution is -2.45. The second-order valence-corrected chi connectivity index (χ2v) is 11.2. The van der Waals surface area contributed by atoms with Crippen molar-refractivity contribution in [3.63, 3.8) is 0 Å². The maximum absolute atomic E-state index is 15.1. The molecule has 5 rings (SSSR count). The largest absolute Gasteiger partial charge is 0.436 e. The summed E-state index contributed by atoms with van der Waals surface area (Å²) in [5.41, 5.74) is 7.83. The predicted molar refractivity (Wildman–Crippen MR) is 149 cm³/mol. The molecule has 13 heteroatoms. The highest BCUT2D eigenvalue weighted by Crippen LogP contribution is 2.41. The average Bonchev–Trinajstić information content (AvgIpc) is 3.76. The monoisotopic (exact) mass is 594 g/mol. The smallest absolute Gasteiger partial charge is 0.410 e. The molecule has 0 bridgehead atoms. The Hall–Kier alpha value is -4.25. The third kappa shape index (κ3) is 6.15. The number of aromatic nitrogens is 4. The van der Waals surface area contributed by atoms with Crippen LogP contribution in [-0.2, 0) is 4.74 Å². The van der Waals surface area contributed by atoms with Crippen LogP contribution in [0.4, 0.5) is 13.6 Å². The third-order valence-corrected chi connectivity index (χ3v) is 8.44. The van der Waals surface area contributed by atoms with E-state index in [1.165, 1.54) is 27.2 Å². The molecule has 1 aliphatic rings. The summed E-state index contributed by atoms with van der Waals surface area (Å²) in [4.78, 5) is 23.0. The summed E-state index contributed by atoms with van der Waals surface area (Å²) >= 11 is 1.33. The molecule has 10 nitrogen and oxygen atoms in total. The number of aromatic amines is 1. The van der Waals surface area contributed by atoms with Crippen molar-refractivity contribution in [1.29, 1.82) is 5.26 Å². The number of carbonyl (C=O) groups excluding carboxylic acids is 1. The van der Waals surface area contributed by atoms with Gasteiger partial charge >= 0.3 is 12.4 Å². The Balaban J connectivity index is 1.41. The van der Waals surface area contributed by atoms with Crippen LogP contribution in [0.25, 0.3) is 11.3 Å². The van der Waals surface area contributed by atoms with Crippen LogP contribution in [0.3, 0.4) is 0 Å². The summed E-state index contributed by atoms with van der Waals surface area (Å²) in [6.07, 6.45) is -0.704. The first-order valence-corrected chi connectivity index (χ1v) is 14.3. The zero-order valence-corrected chi connectivity index (χ0v) is 23.8. The van der Waals surface area contributed by atoms with Gasteiger partial charge in [-0.1, -0.05) is 19.1 Å². The Morgan fingerprint density at radius 2 is 2.05 bits per heavy atom. The highest BCUT2D eigenvalue weighted by atomic mass is 32.1. The molecule has 4 N–H and O–H groups in total. The summed E-state index contributed by atoms with van der Waals surface area (Å²) in [6, 6.07) is 12.1. The zero-order chi connectivity index (χ0) is 30.0. The number of halogens is 2. The number of hydrogen-bond acceptors (Lipinski definition) is 8. The maximum atomic E-state index is 15.1. The van der Waals surface area contributed by atoms with Crippen molar-refractivity contribution in [3.05, 3.63) is 87.8 Å². The SMILES string of the molecule is CC(OC(=O)N1CC[C@H](N)C1)c1nc[n+](C(O)[C@@H](c2cc(F)ccc2F)[C@@H](C)c2nc(-c3ccc(C#N)cc3)cs2)[nH]1. The van der Waals surface area contributed by atoms with Crippen LogP contribution in [0.5, 0.6) is 0 Å². The van der Waals surface area contributed by atoms with Gasteiger partial charge in [0.05, 0.1) is 28.3 Å². The molecule has 1 aliphatic heterocycles. The fraction of sp³-hybridized carbons (Fsp3) is 0.345. The van der Waals surface area contributed by atoms with Crippen LogP contribution in [0, 0.1) is 23.0 Å². The van der Waals surface area contributed by atoms with E-state index in [4.69, 9.17) is 20.7 Å². The van der Waals surface area contributed by atoms with E-state index in [2.05, 4.69) is 16.2 Å². The number of nitrogens with two attached hydrogens (primary N) is 1. The van der Waals surface area contributed by atoms with Gasteiger partial charge in [-0.2, -0.15) is 10.4 Å². The van der Waals surface area contributed by atoms with Crippen molar-refractivity contribution in [2.75, 3.05) is 13.1 Å². The number of aliphatic hydroxyl groups is 1. The number of carbonyl (C=O) groups is 1. The van der Waals surface area contributed by atoms with E-state index in [1.807, 2.05) is 5.38 Å². The van der Waals surface area contributed by atoms with Gasteiger partial charge in [0.15, 0.2) is 6.10 Å².